The Morgan fingerprint density at radius 2 is 2.05 bits per heavy atom. The minimum atomic E-state index is -3.88. The molecule has 0 spiro atoms. The molecule has 1 aromatic rings. The average molecular weight is 367 g/mol. The van der Waals surface area contributed by atoms with Crippen molar-refractivity contribution in [2.45, 2.75) is 36.6 Å². The predicted octanol–water partition coefficient (Wildman–Crippen LogP) is 3.05. The number of carbonyl (C=O) groups excluding carboxylic acids is 1. The molecular weight excluding hydrogens is 354 g/mol. The molecule has 1 fully saturated rings. The van der Waals surface area contributed by atoms with Gasteiger partial charge in [-0.15, -0.1) is 0 Å². The van der Waals surface area contributed by atoms with Crippen molar-refractivity contribution in [1.82, 2.24) is 5.32 Å². The molecule has 1 saturated carbocycles. The van der Waals surface area contributed by atoms with Crippen LogP contribution >= 0.6 is 26.6 Å². The molecule has 0 aliphatic heterocycles. The van der Waals surface area contributed by atoms with Crippen molar-refractivity contribution in [3.05, 3.63) is 28.2 Å². The largest absolute Gasteiger partial charge is 0.347 e. The lowest BCUT2D eigenvalue weighted by molar-refractivity contribution is 0.0850. The van der Waals surface area contributed by atoms with Gasteiger partial charge in [0.05, 0.1) is 4.90 Å². The van der Waals surface area contributed by atoms with Crippen molar-refractivity contribution in [3.63, 3.8) is 0 Å². The quantitative estimate of drug-likeness (QED) is 0.836. The third-order valence-electron chi connectivity index (χ3n) is 3.33. The van der Waals surface area contributed by atoms with E-state index >= 15 is 0 Å². The first-order valence-electron chi connectivity index (χ1n) is 5.78. The second kappa shape index (κ2) is 5.07. The fourth-order valence-electron chi connectivity index (χ4n) is 2.01. The van der Waals surface area contributed by atoms with Gasteiger partial charge in [-0.05, 0) is 60.3 Å². The van der Waals surface area contributed by atoms with E-state index in [0.29, 0.717) is 4.47 Å². The number of nitrogens with one attached hydrogen (secondary N) is 1. The van der Waals surface area contributed by atoms with Crippen LogP contribution in [0.3, 0.4) is 0 Å². The van der Waals surface area contributed by atoms with E-state index in [0.717, 1.165) is 19.3 Å². The number of carbonyl (C=O) groups is 1. The van der Waals surface area contributed by atoms with Crippen LogP contribution < -0.4 is 5.32 Å². The van der Waals surface area contributed by atoms with Crippen molar-refractivity contribution in [2.24, 2.45) is 0 Å². The van der Waals surface area contributed by atoms with Crippen LogP contribution in [-0.4, -0.2) is 19.9 Å². The molecule has 4 nitrogen and oxygen atoms in total. The van der Waals surface area contributed by atoms with Crippen molar-refractivity contribution in [2.75, 3.05) is 0 Å². The summed E-state index contributed by atoms with van der Waals surface area (Å²) in [4.78, 5) is 12.0. The normalized spacial score (nSPS) is 17.6. The molecule has 19 heavy (non-hydrogen) atoms. The molecule has 7 heteroatoms. The summed E-state index contributed by atoms with van der Waals surface area (Å²) in [5, 5.41) is 2.92. The van der Waals surface area contributed by atoms with Crippen LogP contribution in [0.2, 0.25) is 0 Å². The first-order chi connectivity index (χ1) is 8.71. The molecule has 0 bridgehead atoms. The number of hydrogen-bond acceptors (Lipinski definition) is 3. The molecule has 0 atom stereocenters. The maximum atomic E-state index is 12.1. The lowest BCUT2D eigenvalue weighted by Crippen LogP contribution is -2.50. The molecule has 2 rings (SSSR count). The highest BCUT2D eigenvalue weighted by atomic mass is 79.9. The lowest BCUT2D eigenvalue weighted by atomic mass is 9.78. The molecule has 0 saturated heterocycles. The van der Waals surface area contributed by atoms with E-state index in [1.54, 1.807) is 6.07 Å². The Hall–Kier alpha value is -0.590. The highest BCUT2D eigenvalue weighted by molar-refractivity contribution is 9.10. The van der Waals surface area contributed by atoms with Crippen molar-refractivity contribution in [3.8, 4) is 0 Å². The molecule has 1 aliphatic carbocycles. The van der Waals surface area contributed by atoms with Crippen LogP contribution in [0.5, 0.6) is 0 Å². The maximum absolute atomic E-state index is 12.1. The second-order valence-electron chi connectivity index (χ2n) is 4.95. The number of halogens is 2. The lowest BCUT2D eigenvalue weighted by Gasteiger charge is -2.39. The number of benzene rings is 1. The zero-order valence-electron chi connectivity index (χ0n) is 10.2. The number of amides is 1. The Labute approximate surface area is 125 Å². The van der Waals surface area contributed by atoms with Gasteiger partial charge < -0.3 is 5.32 Å². The standard InChI is InChI=1S/C12H13BrClNO3S/c1-12(5-2-6-12)15-11(16)8-3-4-9(13)10(7-8)19(14,17)18/h3-4,7H,2,5-6H2,1H3,(H,15,16). The molecule has 0 unspecified atom stereocenters. The van der Waals surface area contributed by atoms with E-state index in [1.807, 2.05) is 6.92 Å². The first kappa shape index (κ1) is 14.8. The van der Waals surface area contributed by atoms with E-state index in [9.17, 15) is 13.2 Å². The number of rotatable bonds is 3. The van der Waals surface area contributed by atoms with E-state index in [4.69, 9.17) is 10.7 Å². The van der Waals surface area contributed by atoms with E-state index in [2.05, 4.69) is 21.2 Å². The Bertz CT molecular complexity index is 626. The molecule has 0 radical (unpaired) electrons. The summed E-state index contributed by atoms with van der Waals surface area (Å²) >= 11 is 3.11. The Morgan fingerprint density at radius 3 is 2.53 bits per heavy atom. The van der Waals surface area contributed by atoms with Crippen LogP contribution in [0.4, 0.5) is 0 Å². The van der Waals surface area contributed by atoms with Gasteiger partial charge in [-0.25, -0.2) is 8.42 Å². The van der Waals surface area contributed by atoms with Crippen molar-refractivity contribution < 1.29 is 13.2 Å². The molecular formula is C12H13BrClNO3S. The fourth-order valence-corrected chi connectivity index (χ4v) is 4.13. The predicted molar refractivity (Wildman–Crippen MR) is 76.9 cm³/mol. The van der Waals surface area contributed by atoms with E-state index in [1.165, 1.54) is 12.1 Å². The summed E-state index contributed by atoms with van der Waals surface area (Å²) in [7, 11) is 1.44. The summed E-state index contributed by atoms with van der Waals surface area (Å²) in [6.45, 7) is 1.98. The van der Waals surface area contributed by atoms with Crippen molar-refractivity contribution >= 4 is 41.6 Å². The molecule has 1 aromatic carbocycles. The summed E-state index contributed by atoms with van der Waals surface area (Å²) in [5.74, 6) is -0.281. The zero-order valence-corrected chi connectivity index (χ0v) is 13.4. The average Bonchev–Trinajstić information content (AvgIpc) is 2.25. The Morgan fingerprint density at radius 1 is 1.42 bits per heavy atom. The molecule has 104 valence electrons. The van der Waals surface area contributed by atoms with E-state index < -0.39 is 9.05 Å². The highest BCUT2D eigenvalue weighted by Gasteiger charge is 2.33. The summed E-state index contributed by atoms with van der Waals surface area (Å²) < 4.78 is 23.1. The summed E-state index contributed by atoms with van der Waals surface area (Å²) in [5.41, 5.74) is 0.111. The maximum Gasteiger partial charge on any atom is 0.262 e. The van der Waals surface area contributed by atoms with E-state index in [-0.39, 0.29) is 21.9 Å². The minimum Gasteiger partial charge on any atom is -0.347 e. The summed E-state index contributed by atoms with van der Waals surface area (Å²) in [6.07, 6.45) is 2.98. The second-order valence-corrected chi connectivity index (χ2v) is 8.34. The van der Waals surface area contributed by atoms with Gasteiger partial charge in [0.25, 0.3) is 15.0 Å². The highest BCUT2D eigenvalue weighted by Crippen LogP contribution is 2.32. The zero-order chi connectivity index (χ0) is 14.3. The molecule has 1 amide bonds. The third-order valence-corrected chi connectivity index (χ3v) is 5.64. The van der Waals surface area contributed by atoms with Gasteiger partial charge in [0, 0.05) is 26.3 Å². The van der Waals surface area contributed by atoms with Crippen LogP contribution in [-0.2, 0) is 9.05 Å². The molecule has 0 heterocycles. The SMILES string of the molecule is CC1(NC(=O)c2ccc(Br)c(S(=O)(=O)Cl)c2)CCC1. The molecule has 0 aromatic heterocycles. The van der Waals surface area contributed by atoms with Crippen LogP contribution in [0, 0.1) is 0 Å². The van der Waals surface area contributed by atoms with Crippen LogP contribution in [0.15, 0.2) is 27.6 Å². The topological polar surface area (TPSA) is 63.2 Å². The van der Waals surface area contributed by atoms with Gasteiger partial charge in [-0.3, -0.25) is 4.79 Å². The smallest absolute Gasteiger partial charge is 0.262 e. The van der Waals surface area contributed by atoms with Crippen molar-refractivity contribution in [1.29, 1.82) is 0 Å². The Kier molecular flexibility index (Phi) is 3.95. The third kappa shape index (κ3) is 3.30. The van der Waals surface area contributed by atoms with Gasteiger partial charge in [0.15, 0.2) is 0 Å². The van der Waals surface area contributed by atoms with Gasteiger partial charge in [-0.1, -0.05) is 0 Å². The number of hydrogen-bond donors (Lipinski definition) is 1. The first-order valence-corrected chi connectivity index (χ1v) is 8.88. The van der Waals surface area contributed by atoms with Crippen LogP contribution in [0.25, 0.3) is 0 Å². The van der Waals surface area contributed by atoms with Gasteiger partial charge in [0.1, 0.15) is 0 Å². The molecule has 1 N–H and O–H groups in total. The Balaban J connectivity index is 2.28. The fraction of sp³-hybridized carbons (Fsp3) is 0.417. The minimum absolute atomic E-state index is 0.0967. The molecule has 1 aliphatic rings. The van der Waals surface area contributed by atoms with Gasteiger partial charge in [0.2, 0.25) is 0 Å². The van der Waals surface area contributed by atoms with Crippen LogP contribution in [0.1, 0.15) is 36.5 Å². The van der Waals surface area contributed by atoms with Gasteiger partial charge >= 0.3 is 0 Å². The monoisotopic (exact) mass is 365 g/mol. The summed E-state index contributed by atoms with van der Waals surface area (Å²) in [6, 6.07) is 4.35. The van der Waals surface area contributed by atoms with Gasteiger partial charge in [-0.2, -0.15) is 0 Å².